The Bertz CT molecular complexity index is 1920. The van der Waals surface area contributed by atoms with Crippen LogP contribution in [0, 0.1) is 0 Å². The lowest BCUT2D eigenvalue weighted by molar-refractivity contribution is 0.0112. The highest BCUT2D eigenvalue weighted by Crippen LogP contribution is 2.32. The normalized spacial score (nSPS) is 16.5. The quantitative estimate of drug-likeness (QED) is 0.160. The molecule has 1 fully saturated rings. The van der Waals surface area contributed by atoms with Gasteiger partial charge in [-0.1, -0.05) is 66.7 Å². The summed E-state index contributed by atoms with van der Waals surface area (Å²) in [7, 11) is 1.66. The molecule has 8 heteroatoms. The van der Waals surface area contributed by atoms with Gasteiger partial charge in [-0.3, -0.25) is 9.20 Å². The molecule has 1 aliphatic carbocycles. The van der Waals surface area contributed by atoms with E-state index in [0.29, 0.717) is 24.9 Å². The van der Waals surface area contributed by atoms with Crippen LogP contribution in [0.1, 0.15) is 52.9 Å². The van der Waals surface area contributed by atoms with Crippen LogP contribution in [0.15, 0.2) is 110 Å². The van der Waals surface area contributed by atoms with E-state index in [4.69, 9.17) is 9.47 Å². The minimum atomic E-state index is -0.175. The van der Waals surface area contributed by atoms with Crippen molar-refractivity contribution in [1.29, 1.82) is 0 Å². The first-order valence-electron chi connectivity index (χ1n) is 16.0. The second-order valence-corrected chi connectivity index (χ2v) is 12.0. The van der Waals surface area contributed by atoms with E-state index in [1.807, 2.05) is 40.9 Å². The van der Waals surface area contributed by atoms with Crippen molar-refractivity contribution < 1.29 is 14.3 Å². The predicted octanol–water partition coefficient (Wildman–Crippen LogP) is 7.29. The number of hydrogen-bond donors (Lipinski definition) is 2. The van der Waals surface area contributed by atoms with E-state index in [1.54, 1.807) is 13.3 Å². The van der Waals surface area contributed by atoms with Gasteiger partial charge in [0.25, 0.3) is 5.91 Å². The van der Waals surface area contributed by atoms with Gasteiger partial charge in [-0.25, -0.2) is 4.98 Å². The number of carbonyl (C=O) groups is 1. The number of nitrogens with zero attached hydrogens (tertiary/aromatic N) is 3. The van der Waals surface area contributed by atoms with E-state index < -0.39 is 0 Å². The number of rotatable bonds is 11. The number of hydrogen-bond acceptors (Lipinski definition) is 5. The lowest BCUT2D eigenvalue weighted by Crippen LogP contribution is -2.40. The molecular formula is C38H39N5O3. The number of nitrogens with one attached hydrogen (secondary N) is 2. The van der Waals surface area contributed by atoms with Crippen molar-refractivity contribution in [3.05, 3.63) is 132 Å². The molecule has 2 atom stereocenters. The van der Waals surface area contributed by atoms with E-state index in [9.17, 15) is 4.79 Å². The zero-order chi connectivity index (χ0) is 31.3. The Morgan fingerprint density at radius 1 is 0.978 bits per heavy atom. The summed E-state index contributed by atoms with van der Waals surface area (Å²) < 4.78 is 13.8. The SMILES string of the molecule is COc1ccc(CNC(=O)c2cnc3ccc(N(Cc4ccccc4)C4CCCC(OCc5ccccc5)C4)cn23)c2cc[nH]c12. The lowest BCUT2D eigenvalue weighted by Gasteiger charge is -2.39. The third kappa shape index (κ3) is 6.34. The van der Waals surface area contributed by atoms with Gasteiger partial charge in [0.05, 0.1) is 37.2 Å². The van der Waals surface area contributed by atoms with E-state index in [2.05, 4.69) is 87.0 Å². The molecule has 3 aromatic carbocycles. The molecule has 0 bridgehead atoms. The molecule has 7 rings (SSSR count). The maximum absolute atomic E-state index is 13.6. The minimum absolute atomic E-state index is 0.175. The third-order valence-corrected chi connectivity index (χ3v) is 9.05. The fourth-order valence-corrected chi connectivity index (χ4v) is 6.64. The minimum Gasteiger partial charge on any atom is -0.495 e. The van der Waals surface area contributed by atoms with Crippen LogP contribution in [-0.4, -0.2) is 39.5 Å². The maximum Gasteiger partial charge on any atom is 0.270 e. The molecule has 0 radical (unpaired) electrons. The van der Waals surface area contributed by atoms with Crippen LogP contribution in [0.4, 0.5) is 5.69 Å². The van der Waals surface area contributed by atoms with Crippen molar-refractivity contribution in [3.8, 4) is 5.75 Å². The highest BCUT2D eigenvalue weighted by Gasteiger charge is 2.28. The molecular weight excluding hydrogens is 574 g/mol. The number of benzene rings is 3. The van der Waals surface area contributed by atoms with Crippen molar-refractivity contribution in [2.75, 3.05) is 12.0 Å². The number of pyridine rings is 1. The van der Waals surface area contributed by atoms with Crippen molar-refractivity contribution >= 4 is 28.1 Å². The molecule has 2 N–H and O–H groups in total. The standard InChI is InChI=1S/C38H39N5O3/c1-45-35-17-15-29(33-19-20-39-37(33)35)22-41-38(44)34-23-40-36-18-16-31(25-43(34)36)42(24-27-9-4-2-5-10-27)30-13-8-14-32(21-30)46-26-28-11-6-3-7-12-28/h2-7,9-12,15-20,23,25,30,32,39H,8,13-14,21-22,24,26H2,1H3,(H,41,44). The largest absolute Gasteiger partial charge is 0.495 e. The number of imidazole rings is 1. The van der Waals surface area contributed by atoms with Crippen molar-refractivity contribution in [1.82, 2.24) is 19.7 Å². The number of aromatic nitrogens is 3. The Morgan fingerprint density at radius 2 is 1.78 bits per heavy atom. The number of fused-ring (bicyclic) bond motifs is 2. The molecule has 3 heterocycles. The van der Waals surface area contributed by atoms with Gasteiger partial charge in [0.15, 0.2) is 0 Å². The second-order valence-electron chi connectivity index (χ2n) is 12.0. The van der Waals surface area contributed by atoms with Crippen molar-refractivity contribution in [3.63, 3.8) is 0 Å². The summed E-state index contributed by atoms with van der Waals surface area (Å²) in [6, 6.07) is 31.3. The highest BCUT2D eigenvalue weighted by atomic mass is 16.5. The Kier molecular flexibility index (Phi) is 8.69. The summed E-state index contributed by atoms with van der Waals surface area (Å²) in [5.74, 6) is 0.599. The van der Waals surface area contributed by atoms with Crippen LogP contribution in [-0.2, 0) is 24.4 Å². The molecule has 1 aliphatic rings. The van der Waals surface area contributed by atoms with Gasteiger partial charge in [0.2, 0.25) is 0 Å². The summed E-state index contributed by atoms with van der Waals surface area (Å²) in [4.78, 5) is 23.8. The molecule has 0 spiro atoms. The monoisotopic (exact) mass is 613 g/mol. The first-order valence-corrected chi connectivity index (χ1v) is 16.0. The zero-order valence-electron chi connectivity index (χ0n) is 26.1. The third-order valence-electron chi connectivity index (χ3n) is 9.05. The van der Waals surface area contributed by atoms with Crippen LogP contribution in [0.5, 0.6) is 5.75 Å². The van der Waals surface area contributed by atoms with Crippen LogP contribution in [0.2, 0.25) is 0 Å². The molecule has 0 saturated heterocycles. The number of methoxy groups -OCH3 is 1. The molecule has 46 heavy (non-hydrogen) atoms. The average molecular weight is 614 g/mol. The number of carbonyl (C=O) groups excluding carboxylic acids is 1. The van der Waals surface area contributed by atoms with Gasteiger partial charge >= 0.3 is 0 Å². The number of aromatic amines is 1. The van der Waals surface area contributed by atoms with E-state index in [1.165, 1.54) is 11.1 Å². The van der Waals surface area contributed by atoms with Crippen molar-refractivity contribution in [2.24, 2.45) is 0 Å². The first kappa shape index (κ1) is 29.6. The van der Waals surface area contributed by atoms with Crippen LogP contribution in [0.25, 0.3) is 16.6 Å². The van der Waals surface area contributed by atoms with Crippen LogP contribution < -0.4 is 15.0 Å². The Balaban J connectivity index is 1.12. The number of amides is 1. The smallest absolute Gasteiger partial charge is 0.270 e. The van der Waals surface area contributed by atoms with Gasteiger partial charge in [0, 0.05) is 36.9 Å². The lowest BCUT2D eigenvalue weighted by atomic mass is 9.91. The molecule has 3 aromatic heterocycles. The van der Waals surface area contributed by atoms with Crippen molar-refractivity contribution in [2.45, 2.75) is 57.5 Å². The van der Waals surface area contributed by atoms with Gasteiger partial charge in [-0.05, 0) is 66.6 Å². The van der Waals surface area contributed by atoms with E-state index in [0.717, 1.165) is 65.8 Å². The Morgan fingerprint density at radius 3 is 2.59 bits per heavy atom. The van der Waals surface area contributed by atoms with Gasteiger partial charge in [-0.2, -0.15) is 0 Å². The molecule has 8 nitrogen and oxygen atoms in total. The first-order chi connectivity index (χ1) is 22.7. The molecule has 0 aliphatic heterocycles. The fraction of sp³-hybridized carbons (Fsp3) is 0.263. The maximum atomic E-state index is 13.6. The molecule has 1 saturated carbocycles. The second kappa shape index (κ2) is 13.5. The zero-order valence-corrected chi connectivity index (χ0v) is 26.1. The van der Waals surface area contributed by atoms with Gasteiger partial charge < -0.3 is 24.7 Å². The summed E-state index contributed by atoms with van der Waals surface area (Å²) in [6.07, 6.45) is 10.0. The van der Waals surface area contributed by atoms with Crippen LogP contribution >= 0.6 is 0 Å². The summed E-state index contributed by atoms with van der Waals surface area (Å²) in [5.41, 5.74) is 6.67. The average Bonchev–Trinajstić information content (AvgIpc) is 3.78. The molecule has 1 amide bonds. The number of anilines is 1. The number of H-pyrrole nitrogens is 1. The molecule has 234 valence electrons. The molecule has 6 aromatic rings. The van der Waals surface area contributed by atoms with Gasteiger partial charge in [-0.15, -0.1) is 0 Å². The summed E-state index contributed by atoms with van der Waals surface area (Å²) in [5, 5.41) is 4.14. The highest BCUT2D eigenvalue weighted by molar-refractivity contribution is 5.94. The Hall–Kier alpha value is -5.08. The van der Waals surface area contributed by atoms with E-state index in [-0.39, 0.29) is 12.0 Å². The topological polar surface area (TPSA) is 83.9 Å². The predicted molar refractivity (Wildman–Crippen MR) is 181 cm³/mol. The Labute approximate surface area is 269 Å². The van der Waals surface area contributed by atoms with Gasteiger partial charge in [0.1, 0.15) is 17.1 Å². The summed E-state index contributed by atoms with van der Waals surface area (Å²) >= 11 is 0. The molecule has 2 unspecified atom stereocenters. The summed E-state index contributed by atoms with van der Waals surface area (Å²) in [6.45, 7) is 1.78. The number of ether oxygens (including phenoxy) is 2. The van der Waals surface area contributed by atoms with Crippen LogP contribution in [0.3, 0.4) is 0 Å². The van der Waals surface area contributed by atoms with E-state index >= 15 is 0 Å². The fourth-order valence-electron chi connectivity index (χ4n) is 6.64.